The number of carboxylic acid groups (broad SMARTS) is 1. The summed E-state index contributed by atoms with van der Waals surface area (Å²) in [6.07, 6.45) is 2.42. The monoisotopic (exact) mass is 288 g/mol. The molecule has 1 aromatic carbocycles. The van der Waals surface area contributed by atoms with Crippen molar-refractivity contribution in [2.24, 2.45) is 0 Å². The fourth-order valence-electron chi connectivity index (χ4n) is 2.36. The summed E-state index contributed by atoms with van der Waals surface area (Å²) in [7, 11) is 1.81. The molecule has 1 atom stereocenters. The van der Waals surface area contributed by atoms with E-state index in [0.29, 0.717) is 11.3 Å². The molecule has 2 aromatic rings. The van der Waals surface area contributed by atoms with Crippen LogP contribution in [0, 0.1) is 5.82 Å². The summed E-state index contributed by atoms with van der Waals surface area (Å²) in [6, 6.07) is 5.88. The van der Waals surface area contributed by atoms with E-state index in [2.05, 4.69) is 15.7 Å². The minimum absolute atomic E-state index is 0.110. The van der Waals surface area contributed by atoms with Crippen LogP contribution in [0.5, 0.6) is 0 Å². The van der Waals surface area contributed by atoms with Crippen molar-refractivity contribution in [3.05, 3.63) is 53.6 Å². The van der Waals surface area contributed by atoms with Crippen molar-refractivity contribution in [2.75, 3.05) is 17.4 Å². The van der Waals surface area contributed by atoms with Gasteiger partial charge in [-0.15, -0.1) is 0 Å². The number of nitrogens with one attached hydrogen (secondary N) is 2. The molecule has 1 aromatic heterocycles. The summed E-state index contributed by atoms with van der Waals surface area (Å²) < 4.78 is 13.4. The highest BCUT2D eigenvalue weighted by molar-refractivity contribution is 5.94. The molecule has 0 spiro atoms. The minimum Gasteiger partial charge on any atom is -0.478 e. The number of benzene rings is 1. The number of carbonyl (C=O) groups is 1. The first kappa shape index (κ1) is 13.3. The highest BCUT2D eigenvalue weighted by Gasteiger charge is 2.27. The Morgan fingerprint density at radius 1 is 1.48 bits per heavy atom. The van der Waals surface area contributed by atoms with Gasteiger partial charge in [-0.05, 0) is 24.3 Å². The second-order valence-electron chi connectivity index (χ2n) is 4.70. The Morgan fingerprint density at radius 3 is 3.05 bits per heavy atom. The molecular formula is C14H13FN4O2. The van der Waals surface area contributed by atoms with Crippen molar-refractivity contribution < 1.29 is 14.3 Å². The summed E-state index contributed by atoms with van der Waals surface area (Å²) in [5, 5.41) is 14.0. The van der Waals surface area contributed by atoms with Gasteiger partial charge in [-0.1, -0.05) is 0 Å². The van der Waals surface area contributed by atoms with E-state index in [-0.39, 0.29) is 11.4 Å². The lowest BCUT2D eigenvalue weighted by Crippen LogP contribution is -2.34. The Kier molecular flexibility index (Phi) is 3.19. The molecule has 21 heavy (non-hydrogen) atoms. The largest absolute Gasteiger partial charge is 0.478 e. The zero-order valence-electron chi connectivity index (χ0n) is 11.2. The highest BCUT2D eigenvalue weighted by Crippen LogP contribution is 2.33. The lowest BCUT2D eigenvalue weighted by molar-refractivity contribution is 0.0697. The third-order valence-electron chi connectivity index (χ3n) is 3.34. The van der Waals surface area contributed by atoms with Crippen LogP contribution in [0.15, 0.2) is 36.7 Å². The maximum atomic E-state index is 13.4. The second kappa shape index (κ2) is 5.02. The molecule has 0 saturated heterocycles. The number of carboxylic acids is 1. The molecular weight excluding hydrogens is 275 g/mol. The number of halogens is 1. The lowest BCUT2D eigenvalue weighted by Gasteiger charge is -2.18. The van der Waals surface area contributed by atoms with E-state index in [9.17, 15) is 14.3 Å². The number of anilines is 2. The zero-order valence-corrected chi connectivity index (χ0v) is 11.2. The predicted molar refractivity (Wildman–Crippen MR) is 75.5 cm³/mol. The lowest BCUT2D eigenvalue weighted by atomic mass is 10.1. The number of pyridine rings is 1. The van der Waals surface area contributed by atoms with E-state index in [1.807, 2.05) is 0 Å². The van der Waals surface area contributed by atoms with Crippen LogP contribution in [0.25, 0.3) is 0 Å². The van der Waals surface area contributed by atoms with Crippen molar-refractivity contribution in [3.8, 4) is 0 Å². The van der Waals surface area contributed by atoms with E-state index < -0.39 is 12.1 Å². The average molecular weight is 288 g/mol. The molecule has 3 N–H and O–H groups in total. The van der Waals surface area contributed by atoms with Gasteiger partial charge < -0.3 is 15.4 Å². The number of aromatic carboxylic acids is 1. The third-order valence-corrected chi connectivity index (χ3v) is 3.34. The Balaban J connectivity index is 1.95. The molecule has 1 aliphatic heterocycles. The number of fused-ring (bicyclic) bond motifs is 1. The summed E-state index contributed by atoms with van der Waals surface area (Å²) in [5.74, 6) is -1.40. The molecule has 2 heterocycles. The molecule has 1 unspecified atom stereocenters. The molecule has 7 heteroatoms. The maximum absolute atomic E-state index is 13.4. The van der Waals surface area contributed by atoms with E-state index in [1.165, 1.54) is 30.6 Å². The minimum atomic E-state index is -1.05. The Labute approximate surface area is 120 Å². The van der Waals surface area contributed by atoms with Gasteiger partial charge in [0, 0.05) is 18.8 Å². The molecule has 3 rings (SSSR count). The topological polar surface area (TPSA) is 77.5 Å². The van der Waals surface area contributed by atoms with Crippen LogP contribution in [0.1, 0.15) is 22.1 Å². The molecule has 0 bridgehead atoms. The third kappa shape index (κ3) is 2.38. The van der Waals surface area contributed by atoms with Crippen LogP contribution >= 0.6 is 0 Å². The SMILES string of the molecule is CN1NC(Nc2cnccc2C(=O)O)c2cc(F)ccc21. The number of hydrogen-bond donors (Lipinski definition) is 3. The predicted octanol–water partition coefficient (Wildman–Crippen LogP) is 1.98. The second-order valence-corrected chi connectivity index (χ2v) is 4.70. The fourth-order valence-corrected chi connectivity index (χ4v) is 2.36. The summed E-state index contributed by atoms with van der Waals surface area (Å²) in [6.45, 7) is 0. The Morgan fingerprint density at radius 2 is 2.29 bits per heavy atom. The van der Waals surface area contributed by atoms with Crippen molar-refractivity contribution in [1.82, 2.24) is 10.4 Å². The molecule has 1 aliphatic rings. The van der Waals surface area contributed by atoms with Gasteiger partial charge >= 0.3 is 5.97 Å². The first-order valence-electron chi connectivity index (χ1n) is 6.29. The van der Waals surface area contributed by atoms with Gasteiger partial charge in [0.05, 0.1) is 23.1 Å². The number of hydrogen-bond acceptors (Lipinski definition) is 5. The summed E-state index contributed by atoms with van der Waals surface area (Å²) >= 11 is 0. The van der Waals surface area contributed by atoms with Crippen LogP contribution in [0.3, 0.4) is 0 Å². The number of nitrogens with zero attached hydrogens (tertiary/aromatic N) is 2. The average Bonchev–Trinajstić information content (AvgIpc) is 2.75. The van der Waals surface area contributed by atoms with Gasteiger partial charge in [0.2, 0.25) is 0 Å². The van der Waals surface area contributed by atoms with Gasteiger partial charge in [0.1, 0.15) is 12.0 Å². The van der Waals surface area contributed by atoms with Gasteiger partial charge in [-0.25, -0.2) is 14.6 Å². The normalized spacial score (nSPS) is 16.7. The summed E-state index contributed by atoms with van der Waals surface area (Å²) in [4.78, 5) is 15.1. The molecule has 0 amide bonds. The molecule has 0 radical (unpaired) electrons. The van der Waals surface area contributed by atoms with E-state index in [0.717, 1.165) is 5.69 Å². The highest BCUT2D eigenvalue weighted by atomic mass is 19.1. The van der Waals surface area contributed by atoms with Crippen molar-refractivity contribution in [2.45, 2.75) is 6.17 Å². The first-order valence-corrected chi connectivity index (χ1v) is 6.29. The molecule has 0 saturated carbocycles. The van der Waals surface area contributed by atoms with Crippen molar-refractivity contribution in [3.63, 3.8) is 0 Å². The fraction of sp³-hybridized carbons (Fsp3) is 0.143. The molecule has 0 fully saturated rings. The van der Waals surface area contributed by atoms with E-state index in [1.54, 1.807) is 18.1 Å². The quantitative estimate of drug-likeness (QED) is 0.801. The number of aromatic nitrogens is 1. The molecule has 0 aliphatic carbocycles. The smallest absolute Gasteiger partial charge is 0.337 e. The van der Waals surface area contributed by atoms with Crippen LogP contribution < -0.4 is 15.8 Å². The molecule has 6 nitrogen and oxygen atoms in total. The van der Waals surface area contributed by atoms with Gasteiger partial charge in [0.15, 0.2) is 0 Å². The zero-order chi connectivity index (χ0) is 15.0. The first-order chi connectivity index (χ1) is 10.1. The van der Waals surface area contributed by atoms with Gasteiger partial charge in [-0.2, -0.15) is 0 Å². The van der Waals surface area contributed by atoms with Crippen LogP contribution in [-0.2, 0) is 0 Å². The van der Waals surface area contributed by atoms with Crippen LogP contribution in [0.4, 0.5) is 15.8 Å². The Hall–Kier alpha value is -2.67. The van der Waals surface area contributed by atoms with Crippen LogP contribution in [0.2, 0.25) is 0 Å². The Bertz CT molecular complexity index is 707. The van der Waals surface area contributed by atoms with Gasteiger partial charge in [0.25, 0.3) is 0 Å². The summed E-state index contributed by atoms with van der Waals surface area (Å²) in [5.41, 5.74) is 5.11. The van der Waals surface area contributed by atoms with E-state index >= 15 is 0 Å². The van der Waals surface area contributed by atoms with Crippen molar-refractivity contribution >= 4 is 17.3 Å². The number of hydrazine groups is 1. The van der Waals surface area contributed by atoms with Gasteiger partial charge in [-0.3, -0.25) is 4.98 Å². The van der Waals surface area contributed by atoms with Crippen LogP contribution in [-0.4, -0.2) is 23.1 Å². The standard InChI is InChI=1S/C14H13FN4O2/c1-19-12-3-2-8(15)6-10(12)13(18-19)17-11-7-16-5-4-9(11)14(20)21/h2-7,13,17-18H,1H3,(H,20,21). The maximum Gasteiger partial charge on any atom is 0.337 e. The van der Waals surface area contributed by atoms with Crippen molar-refractivity contribution in [1.29, 1.82) is 0 Å². The number of rotatable bonds is 3. The molecule has 108 valence electrons. The van der Waals surface area contributed by atoms with E-state index in [4.69, 9.17) is 0 Å².